The fourth-order valence-corrected chi connectivity index (χ4v) is 7.55. The first-order valence-corrected chi connectivity index (χ1v) is 17.8. The minimum absolute atomic E-state index is 0.679. The smallest absolute Gasteiger partial charge is 0.184 e. The lowest BCUT2D eigenvalue weighted by Gasteiger charge is -2.36. The van der Waals surface area contributed by atoms with E-state index in [1.807, 2.05) is 27.5 Å². The molecule has 0 radical (unpaired) electrons. The number of tetrazole rings is 1. The molecule has 3 heterocycles. The van der Waals surface area contributed by atoms with Crippen molar-refractivity contribution < 1.29 is 0 Å². The summed E-state index contributed by atoms with van der Waals surface area (Å²) in [6, 6.07) is 48.8. The van der Waals surface area contributed by atoms with Gasteiger partial charge in [0.15, 0.2) is 17.3 Å². The molecule has 0 atom stereocenters. The molecule has 0 amide bonds. The second-order valence-electron chi connectivity index (χ2n) is 12.7. The van der Waals surface area contributed by atoms with Gasteiger partial charge in [0, 0.05) is 23.2 Å². The lowest BCUT2D eigenvalue weighted by atomic mass is 9.77. The molecular weight excluding hydrogens is 629 g/mol. The number of rotatable bonds is 11. The number of aromatic nitrogens is 8. The number of hydrogen-bond donors (Lipinski definition) is 0. The van der Waals surface area contributed by atoms with Gasteiger partial charge in [-0.2, -0.15) is 4.63 Å². The van der Waals surface area contributed by atoms with Crippen LogP contribution in [0.15, 0.2) is 140 Å². The Kier molecular flexibility index (Phi) is 8.57. The molecule has 0 bridgehead atoms. The van der Waals surface area contributed by atoms with Crippen molar-refractivity contribution in [3.8, 4) is 22.5 Å². The van der Waals surface area contributed by atoms with Gasteiger partial charge in [0.2, 0.25) is 0 Å². The number of hydrogen-bond acceptors (Lipinski definition) is 5. The molecule has 8 rings (SSSR count). The molecule has 8 heteroatoms. The second-order valence-corrected chi connectivity index (χ2v) is 12.7. The molecule has 8 aromatic rings. The van der Waals surface area contributed by atoms with Gasteiger partial charge in [0.1, 0.15) is 5.54 Å². The lowest BCUT2D eigenvalue weighted by Crippen LogP contribution is -2.39. The van der Waals surface area contributed by atoms with Gasteiger partial charge < -0.3 is 0 Å². The molecule has 0 unspecified atom stereocenters. The van der Waals surface area contributed by atoms with Crippen LogP contribution in [0.1, 0.15) is 60.1 Å². The summed E-state index contributed by atoms with van der Waals surface area (Å²) in [5.74, 6) is 1.56. The Morgan fingerprint density at radius 3 is 1.71 bits per heavy atom. The van der Waals surface area contributed by atoms with Crippen molar-refractivity contribution in [1.29, 1.82) is 0 Å². The number of fused-ring (bicyclic) bond motifs is 1. The summed E-state index contributed by atoms with van der Waals surface area (Å²) in [4.78, 5) is 4.86. The zero-order chi connectivity index (χ0) is 34.8. The van der Waals surface area contributed by atoms with E-state index in [-0.39, 0.29) is 0 Å². The van der Waals surface area contributed by atoms with Gasteiger partial charge in [-0.3, -0.25) is 4.68 Å². The first-order chi connectivity index (χ1) is 25.2. The Balaban J connectivity index is 1.24. The predicted octanol–water partition coefficient (Wildman–Crippen LogP) is 8.43. The van der Waals surface area contributed by atoms with E-state index < -0.39 is 5.54 Å². The topological polar surface area (TPSA) is 78.7 Å². The fourth-order valence-electron chi connectivity index (χ4n) is 7.55. The second kappa shape index (κ2) is 13.6. The highest BCUT2D eigenvalue weighted by Gasteiger charge is 2.42. The number of benzene rings is 5. The van der Waals surface area contributed by atoms with E-state index in [2.05, 4.69) is 152 Å². The third kappa shape index (κ3) is 5.44. The van der Waals surface area contributed by atoms with E-state index in [4.69, 9.17) is 20.4 Å². The Morgan fingerprint density at radius 1 is 0.588 bits per heavy atom. The summed E-state index contributed by atoms with van der Waals surface area (Å²) in [6.45, 7) is 7.22. The average molecular weight is 669 g/mol. The molecule has 0 aliphatic rings. The lowest BCUT2D eigenvalue weighted by molar-refractivity contribution is 0.451. The highest BCUT2D eigenvalue weighted by Crippen LogP contribution is 2.43. The molecule has 0 aliphatic heterocycles. The van der Waals surface area contributed by atoms with E-state index in [9.17, 15) is 0 Å². The summed E-state index contributed by atoms with van der Waals surface area (Å²) in [5, 5.41) is 18.7. The van der Waals surface area contributed by atoms with Crippen molar-refractivity contribution >= 4 is 5.65 Å². The first-order valence-electron chi connectivity index (χ1n) is 17.8. The predicted molar refractivity (Wildman–Crippen MR) is 202 cm³/mol. The molecule has 0 spiro atoms. The van der Waals surface area contributed by atoms with Crippen molar-refractivity contribution in [2.75, 3.05) is 0 Å². The van der Waals surface area contributed by atoms with Gasteiger partial charge in [-0.1, -0.05) is 160 Å². The molecule has 0 fully saturated rings. The van der Waals surface area contributed by atoms with Crippen LogP contribution in [0.3, 0.4) is 0 Å². The van der Waals surface area contributed by atoms with Crippen LogP contribution in [0.4, 0.5) is 0 Å². The molecule has 252 valence electrons. The highest BCUT2D eigenvalue weighted by atomic mass is 15.6. The normalized spacial score (nSPS) is 11.7. The van der Waals surface area contributed by atoms with Gasteiger partial charge in [0.05, 0.1) is 6.54 Å². The molecule has 0 saturated heterocycles. The van der Waals surface area contributed by atoms with Crippen molar-refractivity contribution in [3.05, 3.63) is 179 Å². The maximum atomic E-state index is 4.86. The third-order valence-electron chi connectivity index (χ3n) is 9.92. The zero-order valence-corrected chi connectivity index (χ0v) is 29.2. The SMILES string of the molecule is CCc1nc2c(CC)c(CC)n(Cc3ccc(-c4ccccc4-c4nnnn4C(c4ccccc4)(c4ccccc4)c4ccccc4)cc3)n2n1. The monoisotopic (exact) mass is 668 g/mol. The minimum atomic E-state index is -0.838. The zero-order valence-electron chi connectivity index (χ0n) is 29.2. The summed E-state index contributed by atoms with van der Waals surface area (Å²) in [5.41, 5.74) is 10.2. The van der Waals surface area contributed by atoms with Crippen molar-refractivity contribution in [1.82, 2.24) is 39.6 Å². The maximum absolute atomic E-state index is 4.86. The standard InChI is InChI=1S/C43H40N8/c1-4-36-39(5-2)49(51-41(36)44-40(6-3)46-51)30-31-26-28-32(29-27-31)37-24-16-17-25-38(37)42-45-47-48-50(42)43(33-18-10-7-11-19-33,34-20-12-8-13-21-34)35-22-14-9-15-23-35/h7-29H,4-6,30H2,1-3H3. The molecular formula is C43H40N8. The third-order valence-corrected chi connectivity index (χ3v) is 9.92. The van der Waals surface area contributed by atoms with Gasteiger partial charge in [-0.05, 0) is 56.6 Å². The van der Waals surface area contributed by atoms with Crippen LogP contribution in [0.2, 0.25) is 0 Å². The van der Waals surface area contributed by atoms with Gasteiger partial charge in [-0.25, -0.2) is 9.67 Å². The summed E-state index contributed by atoms with van der Waals surface area (Å²) in [7, 11) is 0. The highest BCUT2D eigenvalue weighted by molar-refractivity contribution is 5.81. The van der Waals surface area contributed by atoms with Gasteiger partial charge in [0.25, 0.3) is 0 Å². The number of nitrogens with zero attached hydrogens (tertiary/aromatic N) is 8. The molecule has 0 N–H and O–H groups in total. The van der Waals surface area contributed by atoms with Crippen LogP contribution < -0.4 is 0 Å². The largest absolute Gasteiger partial charge is 0.263 e. The minimum Gasteiger partial charge on any atom is -0.263 e. The quantitative estimate of drug-likeness (QED) is 0.129. The summed E-state index contributed by atoms with van der Waals surface area (Å²) in [6.07, 6.45) is 2.66. The molecule has 8 nitrogen and oxygen atoms in total. The molecule has 51 heavy (non-hydrogen) atoms. The van der Waals surface area contributed by atoms with Crippen LogP contribution in [-0.4, -0.2) is 39.6 Å². The van der Waals surface area contributed by atoms with Gasteiger partial charge >= 0.3 is 0 Å². The molecule has 0 aliphatic carbocycles. The van der Waals surface area contributed by atoms with E-state index in [1.54, 1.807) is 0 Å². The van der Waals surface area contributed by atoms with Crippen LogP contribution in [0, 0.1) is 0 Å². The van der Waals surface area contributed by atoms with E-state index in [0.717, 1.165) is 64.1 Å². The molecule has 5 aromatic carbocycles. The van der Waals surface area contributed by atoms with E-state index >= 15 is 0 Å². The first kappa shape index (κ1) is 32.1. The number of aryl methyl sites for hydroxylation is 2. The Labute approximate surface area is 298 Å². The van der Waals surface area contributed by atoms with Gasteiger partial charge in [-0.15, -0.1) is 10.2 Å². The van der Waals surface area contributed by atoms with Crippen molar-refractivity contribution in [3.63, 3.8) is 0 Å². The van der Waals surface area contributed by atoms with Crippen molar-refractivity contribution in [2.24, 2.45) is 0 Å². The summed E-state index contributed by atoms with van der Waals surface area (Å²) >= 11 is 0. The molecule has 0 saturated carbocycles. The summed E-state index contributed by atoms with van der Waals surface area (Å²) < 4.78 is 6.30. The Hall–Kier alpha value is -6.15. The van der Waals surface area contributed by atoms with Crippen LogP contribution >= 0.6 is 0 Å². The Morgan fingerprint density at radius 2 is 1.16 bits per heavy atom. The maximum Gasteiger partial charge on any atom is 0.184 e. The van der Waals surface area contributed by atoms with E-state index in [0.29, 0.717) is 12.4 Å². The van der Waals surface area contributed by atoms with E-state index in [1.165, 1.54) is 16.8 Å². The van der Waals surface area contributed by atoms with Crippen LogP contribution in [-0.2, 0) is 31.3 Å². The van der Waals surface area contributed by atoms with Crippen LogP contribution in [0.5, 0.6) is 0 Å². The molecule has 3 aromatic heterocycles. The average Bonchev–Trinajstić information content (AvgIpc) is 3.92. The fraction of sp³-hybridized carbons (Fsp3) is 0.186. The van der Waals surface area contributed by atoms with Crippen molar-refractivity contribution in [2.45, 2.75) is 52.1 Å². The Bertz CT molecular complexity index is 2290. The van der Waals surface area contributed by atoms with Crippen LogP contribution in [0.25, 0.3) is 28.2 Å².